The Hall–Kier alpha value is -1.84. The minimum atomic E-state index is 0.503. The Morgan fingerprint density at radius 3 is 2.92 bits per heavy atom. The molecule has 0 radical (unpaired) electrons. The van der Waals surface area contributed by atoms with Crippen LogP contribution >= 0.6 is 0 Å². The van der Waals surface area contributed by atoms with E-state index in [1.54, 1.807) is 23.1 Å². The third kappa shape index (κ3) is 1.14. The number of hydrogen-bond donors (Lipinski definition) is 1. The van der Waals surface area contributed by atoms with Crippen molar-refractivity contribution in [3.05, 3.63) is 36.8 Å². The molecule has 12 heavy (non-hydrogen) atoms. The van der Waals surface area contributed by atoms with Crippen molar-refractivity contribution in [2.45, 2.75) is 0 Å². The van der Waals surface area contributed by atoms with Gasteiger partial charge in [-0.1, -0.05) is 0 Å². The first-order valence-electron chi connectivity index (χ1n) is 3.58. The van der Waals surface area contributed by atoms with Crippen LogP contribution in [0.25, 0.3) is 5.69 Å². The SMILES string of the molecule is Nc1cc(-n2cccn2)ccn1. The van der Waals surface area contributed by atoms with Crippen LogP contribution in [0.5, 0.6) is 0 Å². The minimum absolute atomic E-state index is 0.503. The molecule has 0 amide bonds. The number of nitrogens with two attached hydrogens (primary N) is 1. The maximum Gasteiger partial charge on any atom is 0.125 e. The molecule has 2 N–H and O–H groups in total. The van der Waals surface area contributed by atoms with Crippen molar-refractivity contribution >= 4 is 5.82 Å². The lowest BCUT2D eigenvalue weighted by atomic mass is 10.4. The van der Waals surface area contributed by atoms with Gasteiger partial charge in [-0.05, 0) is 12.1 Å². The third-order valence-corrected chi connectivity index (χ3v) is 1.53. The molecule has 60 valence electrons. The van der Waals surface area contributed by atoms with Gasteiger partial charge >= 0.3 is 0 Å². The predicted molar refractivity (Wildman–Crippen MR) is 45.8 cm³/mol. The van der Waals surface area contributed by atoms with Crippen LogP contribution < -0.4 is 5.73 Å². The highest BCUT2D eigenvalue weighted by molar-refractivity contribution is 5.40. The van der Waals surface area contributed by atoms with Gasteiger partial charge in [0.15, 0.2) is 0 Å². The van der Waals surface area contributed by atoms with E-state index in [2.05, 4.69) is 10.1 Å². The number of nitrogens with zero attached hydrogens (tertiary/aromatic N) is 3. The summed E-state index contributed by atoms with van der Waals surface area (Å²) in [4.78, 5) is 3.89. The maximum absolute atomic E-state index is 5.51. The smallest absolute Gasteiger partial charge is 0.125 e. The molecule has 0 aromatic carbocycles. The highest BCUT2D eigenvalue weighted by atomic mass is 15.3. The van der Waals surface area contributed by atoms with Gasteiger partial charge in [-0.3, -0.25) is 0 Å². The zero-order chi connectivity index (χ0) is 8.39. The van der Waals surface area contributed by atoms with Gasteiger partial charge in [0.1, 0.15) is 5.82 Å². The van der Waals surface area contributed by atoms with Gasteiger partial charge in [-0.2, -0.15) is 5.10 Å². The van der Waals surface area contributed by atoms with E-state index in [0.29, 0.717) is 5.82 Å². The van der Waals surface area contributed by atoms with Gasteiger partial charge in [-0.15, -0.1) is 0 Å². The Labute approximate surface area is 69.7 Å². The van der Waals surface area contributed by atoms with Crippen LogP contribution in [0, 0.1) is 0 Å². The second kappa shape index (κ2) is 2.65. The van der Waals surface area contributed by atoms with Gasteiger partial charge in [0.25, 0.3) is 0 Å². The summed E-state index contributed by atoms with van der Waals surface area (Å²) in [6.45, 7) is 0. The standard InChI is InChI=1S/C8H8N4/c9-8-6-7(2-4-10-8)12-5-1-3-11-12/h1-6H,(H2,9,10). The summed E-state index contributed by atoms with van der Waals surface area (Å²) >= 11 is 0. The molecule has 0 aliphatic carbocycles. The van der Waals surface area contributed by atoms with E-state index in [1.807, 2.05) is 18.3 Å². The van der Waals surface area contributed by atoms with Crippen LogP contribution in [-0.4, -0.2) is 14.8 Å². The summed E-state index contributed by atoms with van der Waals surface area (Å²) in [5.74, 6) is 0.503. The van der Waals surface area contributed by atoms with Crippen LogP contribution in [0.15, 0.2) is 36.8 Å². The number of anilines is 1. The molecule has 0 bridgehead atoms. The van der Waals surface area contributed by atoms with Gasteiger partial charge in [0, 0.05) is 24.7 Å². The normalized spacial score (nSPS) is 10.0. The molecule has 0 atom stereocenters. The summed E-state index contributed by atoms with van der Waals surface area (Å²) in [5, 5.41) is 4.06. The quantitative estimate of drug-likeness (QED) is 0.672. The molecule has 0 spiro atoms. The fourth-order valence-corrected chi connectivity index (χ4v) is 1.00. The van der Waals surface area contributed by atoms with E-state index >= 15 is 0 Å². The number of pyridine rings is 1. The summed E-state index contributed by atoms with van der Waals surface area (Å²) in [7, 11) is 0. The van der Waals surface area contributed by atoms with Crippen LogP contribution in [0.3, 0.4) is 0 Å². The highest BCUT2D eigenvalue weighted by Crippen LogP contribution is 2.06. The van der Waals surface area contributed by atoms with E-state index < -0.39 is 0 Å². The van der Waals surface area contributed by atoms with Crippen LogP contribution in [0.2, 0.25) is 0 Å². The zero-order valence-electron chi connectivity index (χ0n) is 6.38. The summed E-state index contributed by atoms with van der Waals surface area (Å²) in [5.41, 5.74) is 6.44. The summed E-state index contributed by atoms with van der Waals surface area (Å²) in [6.07, 6.45) is 5.23. The Balaban J connectivity index is 2.48. The minimum Gasteiger partial charge on any atom is -0.384 e. The fraction of sp³-hybridized carbons (Fsp3) is 0. The van der Waals surface area contributed by atoms with E-state index in [1.165, 1.54) is 0 Å². The Bertz CT molecular complexity index is 366. The first-order valence-corrected chi connectivity index (χ1v) is 3.58. The van der Waals surface area contributed by atoms with Crippen molar-refractivity contribution in [1.29, 1.82) is 0 Å². The van der Waals surface area contributed by atoms with E-state index in [-0.39, 0.29) is 0 Å². The summed E-state index contributed by atoms with van der Waals surface area (Å²) in [6, 6.07) is 5.48. The topological polar surface area (TPSA) is 56.7 Å². The molecule has 0 unspecified atom stereocenters. The van der Waals surface area contributed by atoms with Crippen molar-refractivity contribution in [2.24, 2.45) is 0 Å². The Kier molecular flexibility index (Phi) is 1.51. The predicted octanol–water partition coefficient (Wildman–Crippen LogP) is 0.849. The fourth-order valence-electron chi connectivity index (χ4n) is 1.00. The molecule has 4 nitrogen and oxygen atoms in total. The second-order valence-corrected chi connectivity index (χ2v) is 2.39. The van der Waals surface area contributed by atoms with Crippen molar-refractivity contribution < 1.29 is 0 Å². The molecule has 0 fully saturated rings. The van der Waals surface area contributed by atoms with E-state index in [9.17, 15) is 0 Å². The molecular weight excluding hydrogens is 152 g/mol. The Morgan fingerprint density at radius 2 is 2.25 bits per heavy atom. The second-order valence-electron chi connectivity index (χ2n) is 2.39. The molecule has 0 aliphatic rings. The molecule has 4 heteroatoms. The monoisotopic (exact) mass is 160 g/mol. The molecule has 2 aromatic rings. The molecular formula is C8H8N4. The lowest BCUT2D eigenvalue weighted by Crippen LogP contribution is -1.96. The van der Waals surface area contributed by atoms with Crippen LogP contribution in [0.4, 0.5) is 5.82 Å². The number of hydrogen-bond acceptors (Lipinski definition) is 3. The average molecular weight is 160 g/mol. The first-order chi connectivity index (χ1) is 5.86. The lowest BCUT2D eigenvalue weighted by Gasteiger charge is -2.00. The van der Waals surface area contributed by atoms with Crippen LogP contribution in [-0.2, 0) is 0 Å². The average Bonchev–Trinajstić information content (AvgIpc) is 2.56. The van der Waals surface area contributed by atoms with Gasteiger partial charge in [0.05, 0.1) is 5.69 Å². The molecule has 0 saturated heterocycles. The first kappa shape index (κ1) is 6.84. The molecule has 2 aromatic heterocycles. The summed E-state index contributed by atoms with van der Waals surface area (Å²) < 4.78 is 1.73. The van der Waals surface area contributed by atoms with Crippen molar-refractivity contribution in [3.63, 3.8) is 0 Å². The van der Waals surface area contributed by atoms with E-state index in [0.717, 1.165) is 5.69 Å². The van der Waals surface area contributed by atoms with Crippen molar-refractivity contribution in [3.8, 4) is 5.69 Å². The Morgan fingerprint density at radius 1 is 1.33 bits per heavy atom. The molecule has 2 rings (SSSR count). The number of nitrogen functional groups attached to an aromatic ring is 1. The largest absolute Gasteiger partial charge is 0.384 e. The van der Waals surface area contributed by atoms with Crippen molar-refractivity contribution in [1.82, 2.24) is 14.8 Å². The number of aromatic nitrogens is 3. The lowest BCUT2D eigenvalue weighted by molar-refractivity contribution is 0.878. The van der Waals surface area contributed by atoms with E-state index in [4.69, 9.17) is 5.73 Å². The molecule has 0 aliphatic heterocycles. The molecule has 0 saturated carbocycles. The highest BCUT2D eigenvalue weighted by Gasteiger charge is 1.95. The van der Waals surface area contributed by atoms with Gasteiger partial charge in [-0.25, -0.2) is 9.67 Å². The van der Waals surface area contributed by atoms with Gasteiger partial charge in [0.2, 0.25) is 0 Å². The maximum atomic E-state index is 5.51. The van der Waals surface area contributed by atoms with Crippen molar-refractivity contribution in [2.75, 3.05) is 5.73 Å². The van der Waals surface area contributed by atoms with Gasteiger partial charge < -0.3 is 5.73 Å². The molecule has 2 heterocycles. The number of rotatable bonds is 1. The zero-order valence-corrected chi connectivity index (χ0v) is 6.38. The van der Waals surface area contributed by atoms with Crippen LogP contribution in [0.1, 0.15) is 0 Å². The third-order valence-electron chi connectivity index (χ3n) is 1.53.